The maximum Gasteiger partial charge on any atom is 0.0464 e. The smallest absolute Gasteiger partial charge is 0.0464 e. The lowest BCUT2D eigenvalue weighted by molar-refractivity contribution is 0.503. The second-order valence-corrected chi connectivity index (χ2v) is 6.09. The summed E-state index contributed by atoms with van der Waals surface area (Å²) in [5, 5.41) is 1.46. The van der Waals surface area contributed by atoms with Gasteiger partial charge in [0, 0.05) is 14.9 Å². The van der Waals surface area contributed by atoms with E-state index in [0.29, 0.717) is 15.8 Å². The van der Waals surface area contributed by atoms with E-state index in [2.05, 4.69) is 22.9 Å². The third kappa shape index (κ3) is 2.69. The van der Waals surface area contributed by atoms with Crippen molar-refractivity contribution in [2.24, 2.45) is 11.8 Å². The third-order valence-electron chi connectivity index (χ3n) is 3.09. The van der Waals surface area contributed by atoms with Crippen molar-refractivity contribution in [1.29, 1.82) is 0 Å². The predicted molar refractivity (Wildman–Crippen MR) is 70.0 cm³/mol. The van der Waals surface area contributed by atoms with Gasteiger partial charge in [-0.15, -0.1) is 0 Å². The number of rotatable bonds is 3. The Morgan fingerprint density at radius 2 is 2.00 bits per heavy atom. The normalized spacial score (nSPS) is 20.0. The molecule has 2 unspecified atom stereocenters. The standard InChI is InChI=1S/C12H13BrCl2/c1-7(8-2-3-8)12(13)10-5-4-9(14)6-11(10)15/h4-8,12H,2-3H2,1H3. The van der Waals surface area contributed by atoms with Gasteiger partial charge >= 0.3 is 0 Å². The minimum absolute atomic E-state index is 0.342. The Balaban J connectivity index is 2.20. The number of halogens is 3. The largest absolute Gasteiger partial charge is 0.0843 e. The molecule has 0 bridgehead atoms. The van der Waals surface area contributed by atoms with Gasteiger partial charge in [-0.2, -0.15) is 0 Å². The lowest BCUT2D eigenvalue weighted by Crippen LogP contribution is -2.06. The molecule has 0 nitrogen and oxygen atoms in total. The zero-order chi connectivity index (χ0) is 11.0. The van der Waals surface area contributed by atoms with Gasteiger partial charge in [0.2, 0.25) is 0 Å². The highest BCUT2D eigenvalue weighted by molar-refractivity contribution is 9.09. The van der Waals surface area contributed by atoms with Crippen molar-refractivity contribution in [2.45, 2.75) is 24.6 Å². The molecule has 1 aromatic carbocycles. The number of alkyl halides is 1. The fourth-order valence-electron chi connectivity index (χ4n) is 1.87. The SMILES string of the molecule is CC(C1CC1)C(Br)c1ccc(Cl)cc1Cl. The fraction of sp³-hybridized carbons (Fsp3) is 0.500. The van der Waals surface area contributed by atoms with Crippen molar-refractivity contribution in [1.82, 2.24) is 0 Å². The zero-order valence-corrected chi connectivity index (χ0v) is 11.6. The van der Waals surface area contributed by atoms with Crippen molar-refractivity contribution >= 4 is 39.1 Å². The molecule has 3 heteroatoms. The van der Waals surface area contributed by atoms with Crippen LogP contribution in [0.1, 0.15) is 30.2 Å². The molecule has 2 rings (SSSR count). The molecule has 0 N–H and O–H groups in total. The van der Waals surface area contributed by atoms with Crippen LogP contribution in [-0.2, 0) is 0 Å². The van der Waals surface area contributed by atoms with E-state index < -0.39 is 0 Å². The van der Waals surface area contributed by atoms with Gasteiger partial charge in [0.25, 0.3) is 0 Å². The summed E-state index contributed by atoms with van der Waals surface area (Å²) in [6, 6.07) is 5.73. The minimum Gasteiger partial charge on any atom is -0.0843 e. The Hall–Kier alpha value is 0.280. The number of hydrogen-bond donors (Lipinski definition) is 0. The molecular formula is C12H13BrCl2. The van der Waals surface area contributed by atoms with Crippen LogP contribution >= 0.6 is 39.1 Å². The molecule has 0 spiro atoms. The van der Waals surface area contributed by atoms with Crippen molar-refractivity contribution in [3.63, 3.8) is 0 Å². The second kappa shape index (κ2) is 4.65. The highest BCUT2D eigenvalue weighted by Gasteiger charge is 2.33. The van der Waals surface area contributed by atoms with Gasteiger partial charge in [-0.05, 0) is 42.4 Å². The van der Waals surface area contributed by atoms with E-state index >= 15 is 0 Å². The quantitative estimate of drug-likeness (QED) is 0.649. The molecule has 0 saturated heterocycles. The fourth-order valence-corrected chi connectivity index (χ4v) is 3.36. The predicted octanol–water partition coefficient (Wildman–Crippen LogP) is 5.48. The van der Waals surface area contributed by atoms with E-state index in [0.717, 1.165) is 16.5 Å². The summed E-state index contributed by atoms with van der Waals surface area (Å²) in [4.78, 5) is 0.342. The number of benzene rings is 1. The summed E-state index contributed by atoms with van der Waals surface area (Å²) < 4.78 is 0. The molecule has 0 radical (unpaired) electrons. The van der Waals surface area contributed by atoms with Gasteiger partial charge in [-0.1, -0.05) is 52.1 Å². The van der Waals surface area contributed by atoms with E-state index in [1.54, 1.807) is 0 Å². The van der Waals surface area contributed by atoms with Gasteiger partial charge in [0.1, 0.15) is 0 Å². The molecule has 1 aromatic rings. The summed E-state index contributed by atoms with van der Waals surface area (Å²) in [5.41, 5.74) is 1.15. The first-order valence-electron chi connectivity index (χ1n) is 5.18. The molecule has 1 aliphatic carbocycles. The Morgan fingerprint density at radius 3 is 2.53 bits per heavy atom. The van der Waals surface area contributed by atoms with Gasteiger partial charge < -0.3 is 0 Å². The van der Waals surface area contributed by atoms with Crippen molar-refractivity contribution in [3.05, 3.63) is 33.8 Å². The molecule has 1 saturated carbocycles. The Bertz CT molecular complexity index is 361. The highest BCUT2D eigenvalue weighted by Crippen LogP contribution is 2.47. The van der Waals surface area contributed by atoms with Gasteiger partial charge in [-0.3, -0.25) is 0 Å². The first-order chi connectivity index (χ1) is 7.09. The Labute approximate surface area is 109 Å². The molecule has 1 fully saturated rings. The molecule has 0 heterocycles. The van der Waals surface area contributed by atoms with E-state index in [1.807, 2.05) is 18.2 Å². The molecule has 0 amide bonds. The lowest BCUT2D eigenvalue weighted by atomic mass is 9.96. The van der Waals surface area contributed by atoms with Crippen LogP contribution in [0.4, 0.5) is 0 Å². The van der Waals surface area contributed by atoms with Crippen molar-refractivity contribution in [2.75, 3.05) is 0 Å². The summed E-state index contributed by atoms with van der Waals surface area (Å²) >= 11 is 15.8. The van der Waals surface area contributed by atoms with E-state index in [-0.39, 0.29) is 0 Å². The van der Waals surface area contributed by atoms with Crippen LogP contribution in [0.3, 0.4) is 0 Å². The van der Waals surface area contributed by atoms with E-state index in [9.17, 15) is 0 Å². The molecule has 1 aliphatic rings. The first kappa shape index (κ1) is 11.8. The molecular weight excluding hydrogens is 295 g/mol. The maximum atomic E-state index is 6.18. The zero-order valence-electron chi connectivity index (χ0n) is 8.51. The van der Waals surface area contributed by atoms with Crippen LogP contribution in [0.5, 0.6) is 0 Å². The van der Waals surface area contributed by atoms with Gasteiger partial charge in [-0.25, -0.2) is 0 Å². The highest BCUT2D eigenvalue weighted by atomic mass is 79.9. The first-order valence-corrected chi connectivity index (χ1v) is 6.86. The molecule has 15 heavy (non-hydrogen) atoms. The average molecular weight is 308 g/mol. The average Bonchev–Trinajstić information content (AvgIpc) is 2.99. The van der Waals surface area contributed by atoms with Crippen LogP contribution in [0.15, 0.2) is 18.2 Å². The summed E-state index contributed by atoms with van der Waals surface area (Å²) in [5.74, 6) is 1.50. The van der Waals surface area contributed by atoms with E-state index in [4.69, 9.17) is 23.2 Å². The van der Waals surface area contributed by atoms with Crippen LogP contribution in [0, 0.1) is 11.8 Å². The van der Waals surface area contributed by atoms with Crippen LogP contribution < -0.4 is 0 Å². The van der Waals surface area contributed by atoms with Crippen molar-refractivity contribution < 1.29 is 0 Å². The Morgan fingerprint density at radius 1 is 1.33 bits per heavy atom. The van der Waals surface area contributed by atoms with Crippen molar-refractivity contribution in [3.8, 4) is 0 Å². The minimum atomic E-state index is 0.342. The Kier molecular flexibility index (Phi) is 3.64. The third-order valence-corrected chi connectivity index (χ3v) is 4.98. The topological polar surface area (TPSA) is 0 Å². The van der Waals surface area contributed by atoms with Gasteiger partial charge in [0.05, 0.1) is 0 Å². The summed E-state index contributed by atoms with van der Waals surface area (Å²) in [7, 11) is 0. The molecule has 0 aromatic heterocycles. The molecule has 2 atom stereocenters. The summed E-state index contributed by atoms with van der Waals surface area (Å²) in [6.07, 6.45) is 2.71. The van der Waals surface area contributed by atoms with Crippen LogP contribution in [-0.4, -0.2) is 0 Å². The number of hydrogen-bond acceptors (Lipinski definition) is 0. The maximum absolute atomic E-state index is 6.18. The lowest BCUT2D eigenvalue weighted by Gasteiger charge is -2.19. The molecule has 0 aliphatic heterocycles. The second-order valence-electron chi connectivity index (χ2n) is 4.26. The van der Waals surface area contributed by atoms with Crippen LogP contribution in [0.25, 0.3) is 0 Å². The van der Waals surface area contributed by atoms with Crippen LogP contribution in [0.2, 0.25) is 10.0 Å². The van der Waals surface area contributed by atoms with Gasteiger partial charge in [0.15, 0.2) is 0 Å². The van der Waals surface area contributed by atoms with E-state index in [1.165, 1.54) is 12.8 Å². The summed E-state index contributed by atoms with van der Waals surface area (Å²) in [6.45, 7) is 2.28. The molecule has 82 valence electrons. The monoisotopic (exact) mass is 306 g/mol.